The fourth-order valence-corrected chi connectivity index (χ4v) is 0.796. The van der Waals surface area contributed by atoms with Gasteiger partial charge in [-0.3, -0.25) is 4.79 Å². The highest BCUT2D eigenvalue weighted by Crippen LogP contribution is 2.07. The van der Waals surface area contributed by atoms with Gasteiger partial charge in [0.25, 0.3) is 0 Å². The number of carbonyl (C=O) groups excluding carboxylic acids is 1. The second kappa shape index (κ2) is 2.55. The first kappa shape index (κ1) is 6.85. The average Bonchev–Trinajstić information content (AvgIpc) is 2.13. The van der Waals surface area contributed by atoms with Crippen molar-refractivity contribution in [1.82, 2.24) is 5.32 Å². The van der Waals surface area contributed by atoms with Crippen LogP contribution in [0.4, 0.5) is 4.79 Å². The van der Waals surface area contributed by atoms with Crippen LogP contribution in [0.25, 0.3) is 0 Å². The summed E-state index contributed by atoms with van der Waals surface area (Å²) >= 11 is 0. The minimum absolute atomic E-state index is 0.161. The minimum Gasteiger partial charge on any atom is -0.450 e. The number of amides is 1. The fraction of sp³-hybridized carbons (Fsp3) is 0.600. The first-order chi connectivity index (χ1) is 4.68. The zero-order valence-corrected chi connectivity index (χ0v) is 5.16. The molecule has 0 spiro atoms. The molecular formula is C5H7NO4. The topological polar surface area (TPSA) is 75.6 Å². The summed E-state index contributed by atoms with van der Waals surface area (Å²) in [7, 11) is 0. The van der Waals surface area contributed by atoms with Crippen molar-refractivity contribution >= 4 is 12.1 Å². The van der Waals surface area contributed by atoms with E-state index >= 15 is 0 Å². The van der Waals surface area contributed by atoms with Crippen LogP contribution in [0.5, 0.6) is 0 Å². The van der Waals surface area contributed by atoms with Crippen LogP contribution in [0.3, 0.4) is 0 Å². The normalized spacial score (nSPS) is 24.0. The summed E-state index contributed by atoms with van der Waals surface area (Å²) in [5.74, 6) is -0.161. The summed E-state index contributed by atoms with van der Waals surface area (Å²) in [6, 6.07) is 0. The van der Waals surface area contributed by atoms with Gasteiger partial charge in [-0.05, 0) is 0 Å². The Bertz CT molecular complexity index is 167. The Labute approximate surface area is 57.0 Å². The van der Waals surface area contributed by atoms with Gasteiger partial charge in [0, 0.05) is 12.8 Å². The quantitative estimate of drug-likeness (QED) is 0.506. The molecule has 1 atom stereocenters. The zero-order valence-electron chi connectivity index (χ0n) is 5.16. The molecule has 1 fully saturated rings. The minimum atomic E-state index is -1.35. The molecule has 1 rings (SSSR count). The molecule has 0 aromatic carbocycles. The molecule has 0 bridgehead atoms. The smallest absolute Gasteiger partial charge is 0.450 e. The summed E-state index contributed by atoms with van der Waals surface area (Å²) in [5, 5.41) is 10.4. The molecule has 56 valence electrons. The zero-order chi connectivity index (χ0) is 7.56. The average molecular weight is 145 g/mol. The van der Waals surface area contributed by atoms with E-state index in [1.54, 1.807) is 0 Å². The Morgan fingerprint density at radius 1 is 1.80 bits per heavy atom. The lowest BCUT2D eigenvalue weighted by Crippen LogP contribution is -2.29. The van der Waals surface area contributed by atoms with E-state index in [9.17, 15) is 9.59 Å². The number of hydrogen-bond acceptors (Lipinski definition) is 3. The van der Waals surface area contributed by atoms with Crippen LogP contribution in [-0.4, -0.2) is 23.4 Å². The van der Waals surface area contributed by atoms with E-state index in [4.69, 9.17) is 5.11 Å². The Kier molecular flexibility index (Phi) is 1.75. The van der Waals surface area contributed by atoms with Gasteiger partial charge < -0.3 is 15.2 Å². The lowest BCUT2D eigenvalue weighted by Gasteiger charge is -2.06. The van der Waals surface area contributed by atoms with Crippen LogP contribution in [0, 0.1) is 0 Å². The summed E-state index contributed by atoms with van der Waals surface area (Å²) in [4.78, 5) is 20.3. The highest BCUT2D eigenvalue weighted by molar-refractivity contribution is 5.78. The van der Waals surface area contributed by atoms with Gasteiger partial charge in [0.05, 0.1) is 0 Å². The van der Waals surface area contributed by atoms with E-state index in [1.165, 1.54) is 0 Å². The van der Waals surface area contributed by atoms with E-state index in [0.29, 0.717) is 12.8 Å². The van der Waals surface area contributed by atoms with Crippen molar-refractivity contribution in [1.29, 1.82) is 0 Å². The second-order valence-electron chi connectivity index (χ2n) is 1.98. The second-order valence-corrected chi connectivity index (χ2v) is 1.98. The molecule has 0 aliphatic carbocycles. The highest BCUT2D eigenvalue weighted by atomic mass is 16.7. The Balaban J connectivity index is 2.31. The van der Waals surface area contributed by atoms with Crippen molar-refractivity contribution < 1.29 is 19.4 Å². The molecule has 1 saturated heterocycles. The maximum atomic E-state index is 10.5. The van der Waals surface area contributed by atoms with Crippen molar-refractivity contribution in [2.45, 2.75) is 19.1 Å². The summed E-state index contributed by atoms with van der Waals surface area (Å²) in [5.41, 5.74) is 0. The van der Waals surface area contributed by atoms with Crippen LogP contribution < -0.4 is 5.32 Å². The van der Waals surface area contributed by atoms with Gasteiger partial charge in [0.1, 0.15) is 0 Å². The number of hydrogen-bond donors (Lipinski definition) is 2. The lowest BCUT2D eigenvalue weighted by atomic mass is 10.3. The first-order valence-electron chi connectivity index (χ1n) is 2.87. The predicted molar refractivity (Wildman–Crippen MR) is 30.3 cm³/mol. The number of carboxylic acid groups (broad SMARTS) is 1. The molecule has 1 aliphatic heterocycles. The molecule has 1 amide bonds. The van der Waals surface area contributed by atoms with Crippen LogP contribution in [0.1, 0.15) is 12.8 Å². The molecule has 5 nitrogen and oxygen atoms in total. The Hall–Kier alpha value is -1.26. The van der Waals surface area contributed by atoms with Crippen molar-refractivity contribution in [3.05, 3.63) is 0 Å². The third-order valence-electron chi connectivity index (χ3n) is 1.20. The van der Waals surface area contributed by atoms with Gasteiger partial charge in [0.2, 0.25) is 5.91 Å². The molecule has 0 aromatic rings. The van der Waals surface area contributed by atoms with Gasteiger partial charge in [-0.25, -0.2) is 4.79 Å². The highest BCUT2D eigenvalue weighted by Gasteiger charge is 2.23. The first-order valence-corrected chi connectivity index (χ1v) is 2.87. The van der Waals surface area contributed by atoms with Crippen molar-refractivity contribution in [3.8, 4) is 0 Å². The van der Waals surface area contributed by atoms with E-state index in [2.05, 4.69) is 10.1 Å². The van der Waals surface area contributed by atoms with Crippen LogP contribution in [0.2, 0.25) is 0 Å². The van der Waals surface area contributed by atoms with Crippen LogP contribution in [0.15, 0.2) is 0 Å². The number of carbonyl (C=O) groups is 2. The molecule has 2 N–H and O–H groups in total. The number of rotatable bonds is 1. The summed E-state index contributed by atoms with van der Waals surface area (Å²) < 4.78 is 4.27. The Morgan fingerprint density at radius 3 is 2.90 bits per heavy atom. The van der Waals surface area contributed by atoms with Gasteiger partial charge in [0.15, 0.2) is 6.23 Å². The monoisotopic (exact) mass is 145 g/mol. The summed E-state index contributed by atoms with van der Waals surface area (Å²) in [6.45, 7) is 0. The number of nitrogens with one attached hydrogen (secondary N) is 1. The van der Waals surface area contributed by atoms with Gasteiger partial charge >= 0.3 is 6.16 Å². The van der Waals surface area contributed by atoms with Crippen molar-refractivity contribution in [2.24, 2.45) is 0 Å². The maximum absolute atomic E-state index is 10.5. The van der Waals surface area contributed by atoms with Crippen molar-refractivity contribution in [3.63, 3.8) is 0 Å². The van der Waals surface area contributed by atoms with Crippen LogP contribution >= 0.6 is 0 Å². The van der Waals surface area contributed by atoms with E-state index in [0.717, 1.165) is 0 Å². The Morgan fingerprint density at radius 2 is 2.50 bits per heavy atom. The molecule has 1 aliphatic rings. The molecule has 0 aromatic heterocycles. The predicted octanol–water partition coefficient (Wildman–Crippen LogP) is -0.0829. The van der Waals surface area contributed by atoms with Crippen molar-refractivity contribution in [2.75, 3.05) is 0 Å². The molecule has 1 unspecified atom stereocenters. The molecule has 5 heteroatoms. The van der Waals surface area contributed by atoms with Gasteiger partial charge in [-0.2, -0.15) is 0 Å². The third kappa shape index (κ3) is 1.61. The standard InChI is InChI=1S/C5H7NO4/c7-3-1-2-4(6-3)10-5(8)9/h4H,1-2H2,(H,6,7)(H,8,9). The molecule has 0 radical (unpaired) electrons. The van der Waals surface area contributed by atoms with Gasteiger partial charge in [-0.1, -0.05) is 0 Å². The SMILES string of the molecule is O=C1CCC(OC(=O)O)N1. The fourth-order valence-electron chi connectivity index (χ4n) is 0.796. The number of ether oxygens (including phenoxy) is 1. The van der Waals surface area contributed by atoms with Crippen LogP contribution in [-0.2, 0) is 9.53 Å². The maximum Gasteiger partial charge on any atom is 0.507 e. The largest absolute Gasteiger partial charge is 0.507 e. The lowest BCUT2D eigenvalue weighted by molar-refractivity contribution is -0.120. The van der Waals surface area contributed by atoms with E-state index < -0.39 is 12.4 Å². The molecule has 10 heavy (non-hydrogen) atoms. The molecular weight excluding hydrogens is 138 g/mol. The van der Waals surface area contributed by atoms with Gasteiger partial charge in [-0.15, -0.1) is 0 Å². The molecule has 0 saturated carbocycles. The van der Waals surface area contributed by atoms with E-state index in [1.807, 2.05) is 0 Å². The molecule has 1 heterocycles. The third-order valence-corrected chi connectivity index (χ3v) is 1.20. The van der Waals surface area contributed by atoms with E-state index in [-0.39, 0.29) is 5.91 Å². The summed E-state index contributed by atoms with van der Waals surface area (Å²) in [6.07, 6.45) is -1.21.